The van der Waals surface area contributed by atoms with E-state index in [9.17, 15) is 5.11 Å². The number of hydrogen-bond donors (Lipinski definition) is 1. The van der Waals surface area contributed by atoms with Gasteiger partial charge in [-0.3, -0.25) is 0 Å². The predicted molar refractivity (Wildman–Crippen MR) is 136 cm³/mol. The van der Waals surface area contributed by atoms with Crippen LogP contribution in [0.3, 0.4) is 0 Å². The Labute approximate surface area is 202 Å². The van der Waals surface area contributed by atoms with Crippen LogP contribution in [0, 0.1) is 11.3 Å². The first-order valence-corrected chi connectivity index (χ1v) is 13.5. The van der Waals surface area contributed by atoms with E-state index in [1.54, 1.807) is 12.1 Å². The summed E-state index contributed by atoms with van der Waals surface area (Å²) in [7, 11) is 0. The highest BCUT2D eigenvalue weighted by Gasteiger charge is 2.09. The second-order valence-electron chi connectivity index (χ2n) is 9.13. The minimum atomic E-state index is -0.136. The van der Waals surface area contributed by atoms with E-state index >= 15 is 0 Å². The molecule has 0 fully saturated rings. The standard InChI is InChI=1S/C28H46ClNO2/c1-2-3-4-5-6-7-8-9-10-11-12-13-14-15-16-17-18-27(23-31)32-24-25-19-20-28(29)26(21-25)22-30/h19-21,27,31H,2-18,23-24H2,1H3. The highest BCUT2D eigenvalue weighted by atomic mass is 35.5. The van der Waals surface area contributed by atoms with E-state index < -0.39 is 0 Å². The molecule has 1 unspecified atom stereocenters. The van der Waals surface area contributed by atoms with E-state index in [2.05, 4.69) is 13.0 Å². The molecular weight excluding hydrogens is 418 g/mol. The molecule has 1 rings (SSSR count). The number of unbranched alkanes of at least 4 members (excludes halogenated alkanes) is 15. The van der Waals surface area contributed by atoms with Crippen LogP contribution < -0.4 is 0 Å². The van der Waals surface area contributed by atoms with Gasteiger partial charge in [0.25, 0.3) is 0 Å². The lowest BCUT2D eigenvalue weighted by Crippen LogP contribution is -2.17. The van der Waals surface area contributed by atoms with Gasteiger partial charge in [-0.2, -0.15) is 5.26 Å². The van der Waals surface area contributed by atoms with Crippen LogP contribution in [-0.4, -0.2) is 17.8 Å². The van der Waals surface area contributed by atoms with E-state index in [0.29, 0.717) is 17.2 Å². The number of hydrogen-bond acceptors (Lipinski definition) is 3. The molecule has 0 heterocycles. The molecule has 1 aromatic rings. The molecule has 1 N–H and O–H groups in total. The average molecular weight is 464 g/mol. The molecule has 0 aliphatic rings. The van der Waals surface area contributed by atoms with Crippen molar-refractivity contribution in [3.8, 4) is 6.07 Å². The zero-order chi connectivity index (χ0) is 23.3. The van der Waals surface area contributed by atoms with Gasteiger partial charge < -0.3 is 9.84 Å². The fourth-order valence-corrected chi connectivity index (χ4v) is 4.27. The van der Waals surface area contributed by atoms with Gasteiger partial charge in [0.2, 0.25) is 0 Å². The molecule has 0 radical (unpaired) electrons. The van der Waals surface area contributed by atoms with Gasteiger partial charge in [0, 0.05) is 0 Å². The SMILES string of the molecule is CCCCCCCCCCCCCCCCCCC(CO)OCc1ccc(Cl)c(C#N)c1. The molecule has 1 atom stereocenters. The molecule has 0 amide bonds. The Hall–Kier alpha value is -1.08. The molecule has 4 heteroatoms. The first-order chi connectivity index (χ1) is 15.7. The summed E-state index contributed by atoms with van der Waals surface area (Å²) < 4.78 is 5.84. The zero-order valence-electron chi connectivity index (χ0n) is 20.4. The van der Waals surface area contributed by atoms with E-state index in [1.807, 2.05) is 6.07 Å². The minimum Gasteiger partial charge on any atom is -0.394 e. The zero-order valence-corrected chi connectivity index (χ0v) is 21.2. The van der Waals surface area contributed by atoms with Crippen molar-refractivity contribution in [2.24, 2.45) is 0 Å². The van der Waals surface area contributed by atoms with Gasteiger partial charge in [-0.25, -0.2) is 0 Å². The van der Waals surface area contributed by atoms with Crippen molar-refractivity contribution in [2.75, 3.05) is 6.61 Å². The fourth-order valence-electron chi connectivity index (χ4n) is 4.11. The maximum Gasteiger partial charge on any atom is 0.101 e. The van der Waals surface area contributed by atoms with Gasteiger partial charge in [-0.05, 0) is 24.1 Å². The molecule has 32 heavy (non-hydrogen) atoms. The fraction of sp³-hybridized carbons (Fsp3) is 0.750. The van der Waals surface area contributed by atoms with Crippen molar-refractivity contribution in [1.29, 1.82) is 5.26 Å². The van der Waals surface area contributed by atoms with Crippen molar-refractivity contribution in [1.82, 2.24) is 0 Å². The number of aliphatic hydroxyl groups is 1. The largest absolute Gasteiger partial charge is 0.394 e. The normalized spacial score (nSPS) is 12.1. The summed E-state index contributed by atoms with van der Waals surface area (Å²) in [5, 5.41) is 19.1. The summed E-state index contributed by atoms with van der Waals surface area (Å²) in [5.74, 6) is 0. The first kappa shape index (κ1) is 29.0. The molecule has 0 spiro atoms. The van der Waals surface area contributed by atoms with Crippen LogP contribution in [0.5, 0.6) is 0 Å². The number of benzene rings is 1. The lowest BCUT2D eigenvalue weighted by atomic mass is 10.0. The summed E-state index contributed by atoms with van der Waals surface area (Å²) in [5.41, 5.74) is 1.38. The Kier molecular flexibility index (Phi) is 18.6. The molecule has 0 bridgehead atoms. The van der Waals surface area contributed by atoms with E-state index in [1.165, 1.54) is 96.3 Å². The topological polar surface area (TPSA) is 53.2 Å². The van der Waals surface area contributed by atoms with Crippen molar-refractivity contribution in [3.05, 3.63) is 34.3 Å². The van der Waals surface area contributed by atoms with Crippen molar-refractivity contribution in [2.45, 2.75) is 129 Å². The molecule has 1 aromatic carbocycles. The van der Waals surface area contributed by atoms with Crippen LogP contribution >= 0.6 is 11.6 Å². The van der Waals surface area contributed by atoms with Crippen molar-refractivity contribution >= 4 is 11.6 Å². The van der Waals surface area contributed by atoms with Gasteiger partial charge in [0.1, 0.15) is 6.07 Å². The summed E-state index contributed by atoms with van der Waals surface area (Å²) in [6, 6.07) is 7.43. The smallest absolute Gasteiger partial charge is 0.101 e. The minimum absolute atomic E-state index is 0.0391. The quantitative estimate of drug-likeness (QED) is 0.185. The van der Waals surface area contributed by atoms with E-state index in [-0.39, 0.29) is 12.7 Å². The summed E-state index contributed by atoms with van der Waals surface area (Å²) in [6.45, 7) is 2.72. The highest BCUT2D eigenvalue weighted by Crippen LogP contribution is 2.19. The summed E-state index contributed by atoms with van der Waals surface area (Å²) in [4.78, 5) is 0. The summed E-state index contributed by atoms with van der Waals surface area (Å²) >= 11 is 5.96. The lowest BCUT2D eigenvalue weighted by Gasteiger charge is -2.15. The van der Waals surface area contributed by atoms with Gasteiger partial charge in [0.05, 0.1) is 29.9 Å². The lowest BCUT2D eigenvalue weighted by molar-refractivity contribution is -0.00349. The van der Waals surface area contributed by atoms with Crippen LogP contribution in [0.25, 0.3) is 0 Å². The van der Waals surface area contributed by atoms with Gasteiger partial charge in [-0.15, -0.1) is 0 Å². The maximum atomic E-state index is 9.58. The molecule has 0 saturated heterocycles. The van der Waals surface area contributed by atoms with Gasteiger partial charge in [0.15, 0.2) is 0 Å². The van der Waals surface area contributed by atoms with Crippen LogP contribution in [0.1, 0.15) is 127 Å². The van der Waals surface area contributed by atoms with Crippen molar-refractivity contribution < 1.29 is 9.84 Å². The second kappa shape index (κ2) is 20.5. The average Bonchev–Trinajstić information content (AvgIpc) is 2.81. The molecule has 0 aliphatic heterocycles. The Morgan fingerprint density at radius 3 is 1.81 bits per heavy atom. The van der Waals surface area contributed by atoms with Crippen LogP contribution in [-0.2, 0) is 11.3 Å². The van der Waals surface area contributed by atoms with Crippen LogP contribution in [0.15, 0.2) is 18.2 Å². The molecule has 0 aromatic heterocycles. The number of ether oxygens (including phenoxy) is 1. The third-order valence-corrected chi connectivity index (χ3v) is 6.55. The number of halogens is 1. The Balaban J connectivity index is 1.93. The predicted octanol–water partition coefficient (Wildman–Crippen LogP) is 8.74. The molecule has 0 aliphatic carbocycles. The Morgan fingerprint density at radius 2 is 1.34 bits per heavy atom. The maximum absolute atomic E-state index is 9.58. The Morgan fingerprint density at radius 1 is 0.844 bits per heavy atom. The number of aliphatic hydroxyl groups excluding tert-OH is 1. The summed E-state index contributed by atoms with van der Waals surface area (Å²) in [6.07, 6.45) is 22.5. The Bertz CT molecular complexity index is 614. The van der Waals surface area contributed by atoms with Crippen LogP contribution in [0.2, 0.25) is 5.02 Å². The van der Waals surface area contributed by atoms with Gasteiger partial charge >= 0.3 is 0 Å². The number of nitrogens with zero attached hydrogens (tertiary/aromatic N) is 1. The van der Waals surface area contributed by atoms with Crippen LogP contribution in [0.4, 0.5) is 0 Å². The monoisotopic (exact) mass is 463 g/mol. The molecule has 3 nitrogen and oxygen atoms in total. The molecule has 182 valence electrons. The highest BCUT2D eigenvalue weighted by molar-refractivity contribution is 6.31. The first-order valence-electron chi connectivity index (χ1n) is 13.1. The van der Waals surface area contributed by atoms with E-state index in [0.717, 1.165) is 18.4 Å². The number of rotatable bonds is 21. The second-order valence-corrected chi connectivity index (χ2v) is 9.54. The third kappa shape index (κ3) is 14.9. The van der Waals surface area contributed by atoms with Gasteiger partial charge in [-0.1, -0.05) is 127 Å². The number of nitriles is 1. The third-order valence-electron chi connectivity index (χ3n) is 6.22. The van der Waals surface area contributed by atoms with Crippen molar-refractivity contribution in [3.63, 3.8) is 0 Å². The molecular formula is C28H46ClNO2. The molecule has 0 saturated carbocycles. The van der Waals surface area contributed by atoms with E-state index in [4.69, 9.17) is 21.6 Å².